The van der Waals surface area contributed by atoms with Gasteiger partial charge >= 0.3 is 0 Å². The zero-order chi connectivity index (χ0) is 22.3. The van der Waals surface area contributed by atoms with Gasteiger partial charge in [-0.2, -0.15) is 4.31 Å². The van der Waals surface area contributed by atoms with E-state index < -0.39 is 10.0 Å². The number of thioether (sulfide) groups is 1. The van der Waals surface area contributed by atoms with Gasteiger partial charge in [-0.15, -0.1) is 11.8 Å². The first-order chi connectivity index (χ1) is 14.9. The van der Waals surface area contributed by atoms with Gasteiger partial charge in [-0.05, 0) is 43.2 Å². The van der Waals surface area contributed by atoms with Crippen molar-refractivity contribution >= 4 is 45.0 Å². The van der Waals surface area contributed by atoms with Crippen LogP contribution in [0.1, 0.15) is 32.1 Å². The molecule has 0 unspecified atom stereocenters. The molecular formula is C21H26ClN3O4S2. The molecule has 1 aliphatic rings. The molecule has 0 saturated carbocycles. The molecule has 1 amide bonds. The maximum Gasteiger partial charge on any atom is 0.244 e. The zero-order valence-electron chi connectivity index (χ0n) is 17.3. The topological polar surface area (TPSA) is 88.6 Å². The third kappa shape index (κ3) is 6.58. The maximum atomic E-state index is 12.8. The van der Waals surface area contributed by atoms with Crippen LogP contribution in [0.15, 0.2) is 46.5 Å². The first kappa shape index (κ1) is 23.8. The second-order valence-electron chi connectivity index (χ2n) is 7.14. The van der Waals surface area contributed by atoms with Crippen molar-refractivity contribution in [2.75, 3.05) is 31.3 Å². The summed E-state index contributed by atoms with van der Waals surface area (Å²) in [6.45, 7) is 1.12. The van der Waals surface area contributed by atoms with Gasteiger partial charge in [-0.1, -0.05) is 24.4 Å². The molecule has 1 N–H and O–H groups in total. The van der Waals surface area contributed by atoms with Crippen LogP contribution in [0.3, 0.4) is 0 Å². The predicted octanol–water partition coefficient (Wildman–Crippen LogP) is 4.43. The fourth-order valence-corrected chi connectivity index (χ4v) is 5.70. The molecule has 1 aromatic heterocycles. The summed E-state index contributed by atoms with van der Waals surface area (Å²) in [6.07, 6.45) is 5.58. The van der Waals surface area contributed by atoms with Crippen molar-refractivity contribution < 1.29 is 17.9 Å². The first-order valence-electron chi connectivity index (χ1n) is 10.1. The number of amides is 1. The SMILES string of the molecule is COc1ccc(Cl)cc1NC(=O)CCSc1ccc(S(=O)(=O)N2CCCCCC2)cn1. The predicted molar refractivity (Wildman–Crippen MR) is 123 cm³/mol. The molecule has 1 fully saturated rings. The molecule has 1 aliphatic heterocycles. The van der Waals surface area contributed by atoms with E-state index in [0.717, 1.165) is 25.7 Å². The summed E-state index contributed by atoms with van der Waals surface area (Å²) in [6, 6.07) is 8.29. The van der Waals surface area contributed by atoms with Crippen LogP contribution in [0.2, 0.25) is 5.02 Å². The highest BCUT2D eigenvalue weighted by Crippen LogP contribution is 2.28. The molecule has 3 rings (SSSR count). The third-order valence-electron chi connectivity index (χ3n) is 4.93. The van der Waals surface area contributed by atoms with Crippen molar-refractivity contribution in [1.82, 2.24) is 9.29 Å². The molecule has 1 aromatic carbocycles. The zero-order valence-corrected chi connectivity index (χ0v) is 19.7. The molecule has 0 radical (unpaired) electrons. The lowest BCUT2D eigenvalue weighted by Crippen LogP contribution is -2.32. The van der Waals surface area contributed by atoms with Gasteiger partial charge in [0.05, 0.1) is 17.8 Å². The molecule has 2 heterocycles. The average Bonchev–Trinajstić information content (AvgIpc) is 3.04. The number of benzene rings is 1. The highest BCUT2D eigenvalue weighted by Gasteiger charge is 2.25. The Morgan fingerprint density at radius 3 is 2.58 bits per heavy atom. The smallest absolute Gasteiger partial charge is 0.244 e. The van der Waals surface area contributed by atoms with Gasteiger partial charge in [-0.3, -0.25) is 4.79 Å². The standard InChI is InChI=1S/C21H26ClN3O4S2/c1-29-19-8-6-16(22)14-18(19)24-20(26)10-13-30-21-9-7-17(15-23-21)31(27,28)25-11-4-2-3-5-12-25/h6-9,14-15H,2-5,10-13H2,1H3,(H,24,26). The second-order valence-corrected chi connectivity index (χ2v) is 10.6. The van der Waals surface area contributed by atoms with Gasteiger partial charge < -0.3 is 10.1 Å². The number of methoxy groups -OCH3 is 1. The van der Waals surface area contributed by atoms with Crippen LogP contribution in [-0.4, -0.2) is 49.6 Å². The van der Waals surface area contributed by atoms with Crippen LogP contribution in [0.4, 0.5) is 5.69 Å². The van der Waals surface area contributed by atoms with E-state index in [1.165, 1.54) is 25.1 Å². The van der Waals surface area contributed by atoms with Gasteiger partial charge in [0, 0.05) is 36.5 Å². The number of sulfonamides is 1. The highest BCUT2D eigenvalue weighted by molar-refractivity contribution is 7.99. The van der Waals surface area contributed by atoms with E-state index in [0.29, 0.717) is 40.3 Å². The lowest BCUT2D eigenvalue weighted by Gasteiger charge is -2.19. The Balaban J connectivity index is 1.52. The Hall–Kier alpha value is -1.81. The molecule has 168 valence electrons. The lowest BCUT2D eigenvalue weighted by atomic mass is 10.2. The molecule has 0 aliphatic carbocycles. The summed E-state index contributed by atoms with van der Waals surface area (Å²) in [5, 5.41) is 3.97. The molecule has 0 atom stereocenters. The van der Waals surface area contributed by atoms with Gasteiger partial charge in [0.1, 0.15) is 10.6 Å². The molecule has 10 heteroatoms. The highest BCUT2D eigenvalue weighted by atomic mass is 35.5. The Morgan fingerprint density at radius 1 is 1.19 bits per heavy atom. The summed E-state index contributed by atoms with van der Waals surface area (Å²) in [7, 11) is -1.98. The largest absolute Gasteiger partial charge is 0.495 e. The minimum atomic E-state index is -3.51. The molecule has 0 spiro atoms. The van der Waals surface area contributed by atoms with E-state index >= 15 is 0 Å². The normalized spacial score (nSPS) is 15.3. The maximum absolute atomic E-state index is 12.8. The minimum Gasteiger partial charge on any atom is -0.495 e. The number of nitrogens with one attached hydrogen (secondary N) is 1. The summed E-state index contributed by atoms with van der Waals surface area (Å²) < 4.78 is 32.4. The van der Waals surface area contributed by atoms with Crippen molar-refractivity contribution in [3.63, 3.8) is 0 Å². The van der Waals surface area contributed by atoms with Crippen LogP contribution in [-0.2, 0) is 14.8 Å². The first-order valence-corrected chi connectivity index (χ1v) is 12.9. The van der Waals surface area contributed by atoms with E-state index in [1.807, 2.05) is 0 Å². The summed E-state index contributed by atoms with van der Waals surface area (Å²) in [5.74, 6) is 0.863. The number of rotatable bonds is 8. The third-order valence-corrected chi connectivity index (χ3v) is 7.99. The fourth-order valence-electron chi connectivity index (χ4n) is 3.27. The van der Waals surface area contributed by atoms with E-state index in [4.69, 9.17) is 16.3 Å². The number of hydrogen-bond donors (Lipinski definition) is 1. The Labute approximate surface area is 192 Å². The Morgan fingerprint density at radius 2 is 1.94 bits per heavy atom. The number of aromatic nitrogens is 1. The van der Waals surface area contributed by atoms with Gasteiger partial charge in [0.2, 0.25) is 15.9 Å². The van der Waals surface area contributed by atoms with Crippen LogP contribution in [0.5, 0.6) is 5.75 Å². The fraction of sp³-hybridized carbons (Fsp3) is 0.429. The number of pyridine rings is 1. The van der Waals surface area contributed by atoms with Crippen molar-refractivity contribution in [2.45, 2.75) is 42.0 Å². The van der Waals surface area contributed by atoms with Gasteiger partial charge in [-0.25, -0.2) is 13.4 Å². The molecule has 1 saturated heterocycles. The van der Waals surface area contributed by atoms with Crippen LogP contribution >= 0.6 is 23.4 Å². The molecule has 7 nitrogen and oxygen atoms in total. The van der Waals surface area contributed by atoms with Crippen LogP contribution in [0, 0.1) is 0 Å². The van der Waals surface area contributed by atoms with E-state index in [2.05, 4.69) is 10.3 Å². The lowest BCUT2D eigenvalue weighted by molar-refractivity contribution is -0.115. The van der Waals surface area contributed by atoms with E-state index in [1.54, 1.807) is 34.6 Å². The minimum absolute atomic E-state index is 0.173. The summed E-state index contributed by atoms with van der Waals surface area (Å²) >= 11 is 7.37. The second kappa shape index (κ2) is 11.2. The summed E-state index contributed by atoms with van der Waals surface area (Å²) in [5.41, 5.74) is 0.520. The molecule has 31 heavy (non-hydrogen) atoms. The van der Waals surface area contributed by atoms with Crippen molar-refractivity contribution in [2.24, 2.45) is 0 Å². The monoisotopic (exact) mass is 483 g/mol. The quantitative estimate of drug-likeness (QED) is 0.559. The van der Waals surface area contributed by atoms with Crippen molar-refractivity contribution in [1.29, 1.82) is 0 Å². The number of anilines is 1. The number of ether oxygens (including phenoxy) is 1. The molecule has 2 aromatic rings. The van der Waals surface area contributed by atoms with Crippen molar-refractivity contribution in [3.8, 4) is 5.75 Å². The van der Waals surface area contributed by atoms with E-state index in [-0.39, 0.29) is 17.2 Å². The Bertz CT molecular complexity index is 992. The number of hydrogen-bond acceptors (Lipinski definition) is 6. The van der Waals surface area contributed by atoms with Gasteiger partial charge in [0.15, 0.2) is 0 Å². The Kier molecular flexibility index (Phi) is 8.59. The van der Waals surface area contributed by atoms with Crippen LogP contribution < -0.4 is 10.1 Å². The number of carbonyl (C=O) groups excluding carboxylic acids is 1. The number of nitrogens with zero attached hydrogens (tertiary/aromatic N) is 2. The van der Waals surface area contributed by atoms with Crippen LogP contribution in [0.25, 0.3) is 0 Å². The van der Waals surface area contributed by atoms with E-state index in [9.17, 15) is 13.2 Å². The number of carbonyl (C=O) groups is 1. The molecule has 0 bridgehead atoms. The average molecular weight is 484 g/mol. The van der Waals surface area contributed by atoms with Crippen molar-refractivity contribution in [3.05, 3.63) is 41.6 Å². The number of halogens is 1. The molecular weight excluding hydrogens is 458 g/mol. The summed E-state index contributed by atoms with van der Waals surface area (Å²) in [4.78, 5) is 16.7. The van der Waals surface area contributed by atoms with Gasteiger partial charge in [0.25, 0.3) is 0 Å².